The van der Waals surface area contributed by atoms with Gasteiger partial charge in [0.15, 0.2) is 11.4 Å². The minimum absolute atomic E-state index is 0.0271. The van der Waals surface area contributed by atoms with Crippen LogP contribution in [-0.4, -0.2) is 0 Å². The first kappa shape index (κ1) is 79.3. The molecular formula is C82H112F4N2. The maximum atomic E-state index is 13.4. The average molecular weight is 1200 g/mol. The van der Waals surface area contributed by atoms with Gasteiger partial charge in [0, 0.05) is 5.56 Å². The molecule has 0 atom stereocenters. The van der Waals surface area contributed by atoms with Gasteiger partial charge in [0.25, 0.3) is 0 Å². The van der Waals surface area contributed by atoms with E-state index >= 15 is 0 Å². The van der Waals surface area contributed by atoms with Crippen molar-refractivity contribution < 1.29 is 17.6 Å². The van der Waals surface area contributed by atoms with E-state index in [1.54, 1.807) is 19.1 Å². The van der Waals surface area contributed by atoms with Crippen LogP contribution in [0.25, 0.3) is 9.69 Å². The molecule has 0 aliphatic carbocycles. The first-order chi connectivity index (χ1) is 39.8. The second-order valence-corrected chi connectivity index (χ2v) is 31.0. The molecule has 0 aromatic heterocycles. The van der Waals surface area contributed by atoms with E-state index in [0.29, 0.717) is 11.1 Å². The lowest BCUT2D eigenvalue weighted by Gasteiger charge is -2.21. The minimum atomic E-state index is -0.468. The highest BCUT2D eigenvalue weighted by atomic mass is 19.1. The second kappa shape index (κ2) is 32.1. The van der Waals surface area contributed by atoms with Gasteiger partial charge in [-0.1, -0.05) is 259 Å². The summed E-state index contributed by atoms with van der Waals surface area (Å²) < 4.78 is 52.7. The molecule has 0 radical (unpaired) electrons. The first-order valence-electron chi connectivity index (χ1n) is 30.9. The molecule has 7 aromatic rings. The largest absolute Gasteiger partial charge is 0.238 e. The van der Waals surface area contributed by atoms with Gasteiger partial charge in [-0.25, -0.2) is 27.3 Å². The average Bonchev–Trinajstić information content (AvgIpc) is 2.37. The van der Waals surface area contributed by atoms with Gasteiger partial charge in [0.05, 0.1) is 13.1 Å². The van der Waals surface area contributed by atoms with Gasteiger partial charge in [-0.3, -0.25) is 0 Å². The monoisotopic (exact) mass is 1200 g/mol. The van der Waals surface area contributed by atoms with Crippen LogP contribution in [0.4, 0.5) is 28.9 Å². The zero-order chi connectivity index (χ0) is 68.6. The highest BCUT2D eigenvalue weighted by Gasteiger charge is 2.21. The van der Waals surface area contributed by atoms with Gasteiger partial charge in [-0.2, -0.15) is 0 Å². The number of halogens is 4. The summed E-state index contributed by atoms with van der Waals surface area (Å²) in [7, 11) is 0. The molecule has 0 heterocycles. The van der Waals surface area contributed by atoms with E-state index in [2.05, 4.69) is 223 Å². The smallest absolute Gasteiger partial charge is 0.190 e. The number of hydrogen-bond acceptors (Lipinski definition) is 0. The lowest BCUT2D eigenvalue weighted by Crippen LogP contribution is -2.12. The maximum absolute atomic E-state index is 13.4. The van der Waals surface area contributed by atoms with Crippen molar-refractivity contribution >= 4 is 11.4 Å². The van der Waals surface area contributed by atoms with Crippen LogP contribution in [0.1, 0.15) is 240 Å². The standard InChI is InChI=1S/C13H17N.C12H17F.C12H15N.C12H18.C11H14F2.C11H15F.C11H16/c1-9-7-11(13(3,4)5)8-12(14-6)10(9)2;1-8-6-10(12(3,4)5)7-11(13)9(8)2;1-9-6-7-10(12(2,3)4)8-11(9)13-5;1-9-6-7-11(8-10(9)2)12(3,4)5;1-7-9(12)5-8(6-10(7)13)11(2,3)4;1-8-5-6-9(7-10(8)12)11(2,3)4;1-9-5-7-10(8-6-9)11(2,3)4/h7-8H,1-5H3;6-7H,1-5H3;6-8H,1-4H3;6-8H,1-5H3;5-6H,1-4H3;5-7H,1-4H3;5-8H,1-4H3. The van der Waals surface area contributed by atoms with Crippen LogP contribution in [0.5, 0.6) is 0 Å². The summed E-state index contributed by atoms with van der Waals surface area (Å²) in [4.78, 5) is 7.05. The molecule has 0 N–H and O–H groups in total. The molecule has 0 unspecified atom stereocenters. The second-order valence-electron chi connectivity index (χ2n) is 31.0. The molecule has 88 heavy (non-hydrogen) atoms. The van der Waals surface area contributed by atoms with Crippen molar-refractivity contribution in [3.05, 3.63) is 256 Å². The molecule has 2 nitrogen and oxygen atoms in total. The minimum Gasteiger partial charge on any atom is -0.238 e. The summed E-state index contributed by atoms with van der Waals surface area (Å²) in [6.45, 7) is 78.3. The lowest BCUT2D eigenvalue weighted by atomic mass is 9.85. The molecule has 478 valence electrons. The van der Waals surface area contributed by atoms with Gasteiger partial charge in [-0.05, 0) is 198 Å². The molecular weight excluding hydrogens is 1090 g/mol. The molecule has 0 aliphatic rings. The molecule has 7 rings (SSSR count). The third-order valence-electron chi connectivity index (χ3n) is 15.8. The topological polar surface area (TPSA) is 8.72 Å². The Morgan fingerprint density at radius 3 is 0.864 bits per heavy atom. The van der Waals surface area contributed by atoms with E-state index in [4.69, 9.17) is 13.1 Å². The zero-order valence-electron chi connectivity index (χ0n) is 60.4. The SMILES string of the molecule is Cc1c(F)cc(C(C)(C)C)cc1F.Cc1cc(C(C)(C)C)cc(F)c1C.Cc1ccc(C(C)(C)C)cc1.Cc1ccc(C(C)(C)C)cc1C.Cc1ccc(C(C)(C)C)cc1F.[C-]#[N+]c1cc(C(C)(C)C)cc(C)c1C.[C-]#[N+]c1cc(C(C)(C)C)ccc1C. The van der Waals surface area contributed by atoms with Crippen LogP contribution in [-0.2, 0) is 37.9 Å². The molecule has 0 spiro atoms. The Kier molecular flexibility index (Phi) is 28.9. The molecule has 0 saturated carbocycles. The highest BCUT2D eigenvalue weighted by molar-refractivity contribution is 5.58. The molecule has 0 amide bonds. The van der Waals surface area contributed by atoms with Crippen LogP contribution in [0.3, 0.4) is 0 Å². The van der Waals surface area contributed by atoms with Crippen molar-refractivity contribution in [1.29, 1.82) is 0 Å². The van der Waals surface area contributed by atoms with Crippen molar-refractivity contribution in [1.82, 2.24) is 0 Å². The van der Waals surface area contributed by atoms with E-state index < -0.39 is 11.6 Å². The predicted octanol–water partition coefficient (Wildman–Crippen LogP) is 25.6. The summed E-state index contributed by atoms with van der Waals surface area (Å²) in [5.41, 5.74) is 20.4. The Morgan fingerprint density at radius 2 is 0.511 bits per heavy atom. The number of aryl methyl sites for hydroxylation is 7. The van der Waals surface area contributed by atoms with Crippen molar-refractivity contribution in [3.8, 4) is 0 Å². The highest BCUT2D eigenvalue weighted by Crippen LogP contribution is 2.33. The van der Waals surface area contributed by atoms with Crippen molar-refractivity contribution in [2.24, 2.45) is 0 Å². The maximum Gasteiger partial charge on any atom is 0.190 e. The summed E-state index contributed by atoms with van der Waals surface area (Å²) >= 11 is 0. The fourth-order valence-electron chi connectivity index (χ4n) is 8.23. The van der Waals surface area contributed by atoms with Crippen LogP contribution in [0.2, 0.25) is 0 Å². The van der Waals surface area contributed by atoms with E-state index in [-0.39, 0.29) is 55.1 Å². The van der Waals surface area contributed by atoms with E-state index in [0.717, 1.165) is 44.8 Å². The summed E-state index contributed by atoms with van der Waals surface area (Å²) in [6, 6.07) is 37.7. The van der Waals surface area contributed by atoms with Gasteiger partial charge >= 0.3 is 0 Å². The Morgan fingerprint density at radius 1 is 0.239 bits per heavy atom. The summed E-state index contributed by atoms with van der Waals surface area (Å²) in [5.74, 6) is -1.14. The Balaban J connectivity index is 0.000000514. The number of hydrogen-bond donors (Lipinski definition) is 0. The van der Waals surface area contributed by atoms with Crippen LogP contribution >= 0.6 is 0 Å². The molecule has 0 bridgehead atoms. The van der Waals surface area contributed by atoms with Gasteiger partial charge < -0.3 is 0 Å². The number of rotatable bonds is 0. The molecule has 0 fully saturated rings. The van der Waals surface area contributed by atoms with Crippen LogP contribution in [0, 0.1) is 106 Å². The van der Waals surface area contributed by atoms with Gasteiger partial charge in [0.1, 0.15) is 23.3 Å². The number of nitrogens with zero attached hydrogens (tertiary/aromatic N) is 2. The third-order valence-corrected chi connectivity index (χ3v) is 15.8. The first-order valence-corrected chi connectivity index (χ1v) is 30.9. The van der Waals surface area contributed by atoms with Crippen molar-refractivity contribution in [2.75, 3.05) is 0 Å². The van der Waals surface area contributed by atoms with Crippen LogP contribution < -0.4 is 0 Å². The summed E-state index contributed by atoms with van der Waals surface area (Å²) in [6.07, 6.45) is 0. The lowest BCUT2D eigenvalue weighted by molar-refractivity contribution is 0.536. The van der Waals surface area contributed by atoms with Crippen molar-refractivity contribution in [3.63, 3.8) is 0 Å². The zero-order valence-corrected chi connectivity index (χ0v) is 60.4. The Labute approximate surface area is 534 Å². The predicted molar refractivity (Wildman–Crippen MR) is 376 cm³/mol. The fourth-order valence-corrected chi connectivity index (χ4v) is 8.23. The van der Waals surface area contributed by atoms with Gasteiger partial charge in [-0.15, -0.1) is 0 Å². The Bertz CT molecular complexity index is 3300. The van der Waals surface area contributed by atoms with Crippen LogP contribution in [0.15, 0.2) is 115 Å². The van der Waals surface area contributed by atoms with E-state index in [9.17, 15) is 17.6 Å². The normalized spacial score (nSPS) is 11.6. The van der Waals surface area contributed by atoms with E-state index in [1.807, 2.05) is 78.8 Å². The molecule has 6 heteroatoms. The Hall–Kier alpha value is -6.76. The summed E-state index contributed by atoms with van der Waals surface area (Å²) in [5, 5.41) is 0. The van der Waals surface area contributed by atoms with E-state index in [1.165, 1.54) is 63.6 Å². The van der Waals surface area contributed by atoms with Crippen molar-refractivity contribution in [2.45, 2.75) is 253 Å². The fraction of sp³-hybridized carbons (Fsp3) is 0.463. The number of benzene rings is 7. The third kappa shape index (κ3) is 26.1. The molecule has 0 saturated heterocycles. The van der Waals surface area contributed by atoms with Gasteiger partial charge in [0.2, 0.25) is 0 Å². The molecule has 0 aliphatic heterocycles. The quantitative estimate of drug-likeness (QED) is 0.106. The molecule has 7 aromatic carbocycles.